The highest BCUT2D eigenvalue weighted by atomic mass is 19.1. The Kier molecular flexibility index (Phi) is 2.71. The van der Waals surface area contributed by atoms with Gasteiger partial charge in [0.05, 0.1) is 12.7 Å². The number of ether oxygens (including phenoxy) is 1. The summed E-state index contributed by atoms with van der Waals surface area (Å²) in [5, 5.41) is 9.39. The number of alkyl halides is 1. The summed E-state index contributed by atoms with van der Waals surface area (Å²) >= 11 is 0. The quantitative estimate of drug-likeness (QED) is 0.649. The van der Waals surface area contributed by atoms with Crippen LogP contribution in [-0.4, -0.2) is 30.0 Å². The summed E-state index contributed by atoms with van der Waals surface area (Å²) in [6.07, 6.45) is -0.548. The zero-order valence-corrected chi connectivity index (χ0v) is 7.75. The maximum atomic E-state index is 13.4. The van der Waals surface area contributed by atoms with E-state index in [1.54, 1.807) is 0 Å². The number of halogens is 2. The molecule has 0 aromatic rings. The molecule has 1 aliphatic carbocycles. The summed E-state index contributed by atoms with van der Waals surface area (Å²) in [5.41, 5.74) is -2.53. The lowest BCUT2D eigenvalue weighted by Gasteiger charge is -2.27. The number of esters is 1. The molecule has 1 N–H and O–H groups in total. The number of aliphatic hydroxyl groups is 1. The molecule has 0 saturated heterocycles. The number of rotatable bonds is 1. The molecule has 0 bridgehead atoms. The van der Waals surface area contributed by atoms with Crippen molar-refractivity contribution in [2.24, 2.45) is 0 Å². The van der Waals surface area contributed by atoms with E-state index < -0.39 is 29.1 Å². The van der Waals surface area contributed by atoms with Gasteiger partial charge >= 0.3 is 5.97 Å². The summed E-state index contributed by atoms with van der Waals surface area (Å²) in [7, 11) is 1.06. The van der Waals surface area contributed by atoms with Crippen LogP contribution in [0.25, 0.3) is 0 Å². The van der Waals surface area contributed by atoms with Crippen LogP contribution in [0.3, 0.4) is 0 Å². The normalized spacial score (nSPS) is 31.9. The molecule has 78 valence electrons. The molecule has 0 aromatic heterocycles. The second-order valence-electron chi connectivity index (χ2n) is 3.21. The topological polar surface area (TPSA) is 46.5 Å². The van der Waals surface area contributed by atoms with E-state index in [4.69, 9.17) is 0 Å². The Labute approximate surface area is 79.7 Å². The predicted octanol–water partition coefficient (Wildman–Crippen LogP) is 1.04. The van der Waals surface area contributed by atoms with Crippen LogP contribution in [0, 0.1) is 0 Å². The zero-order valence-electron chi connectivity index (χ0n) is 7.75. The van der Waals surface area contributed by atoms with Crippen molar-refractivity contribution in [1.29, 1.82) is 0 Å². The van der Waals surface area contributed by atoms with Crippen molar-refractivity contribution in [1.82, 2.24) is 0 Å². The molecular weight excluding hydrogens is 194 g/mol. The number of methoxy groups -OCH3 is 1. The van der Waals surface area contributed by atoms with Crippen LogP contribution >= 0.6 is 0 Å². The van der Waals surface area contributed by atoms with Crippen LogP contribution in [0.15, 0.2) is 23.6 Å². The Morgan fingerprint density at radius 2 is 2.29 bits per heavy atom. The highest BCUT2D eigenvalue weighted by Gasteiger charge is 2.39. The van der Waals surface area contributed by atoms with E-state index in [2.05, 4.69) is 4.74 Å². The maximum absolute atomic E-state index is 13.4. The molecule has 0 aliphatic heterocycles. The molecule has 2 unspecified atom stereocenters. The van der Waals surface area contributed by atoms with Gasteiger partial charge in [-0.25, -0.2) is 13.6 Å². The molecular formula is C9H10F2O3. The Bertz CT molecular complexity index is 318. The van der Waals surface area contributed by atoms with Crippen molar-refractivity contribution < 1.29 is 23.4 Å². The van der Waals surface area contributed by atoms with Crippen molar-refractivity contribution in [3.05, 3.63) is 23.6 Å². The van der Waals surface area contributed by atoms with Crippen LogP contribution in [0.4, 0.5) is 8.78 Å². The van der Waals surface area contributed by atoms with Gasteiger partial charge in [-0.1, -0.05) is 0 Å². The third-order valence-corrected chi connectivity index (χ3v) is 1.93. The Hall–Kier alpha value is -1.23. The van der Waals surface area contributed by atoms with Gasteiger partial charge < -0.3 is 9.84 Å². The number of carbonyl (C=O) groups is 1. The highest BCUT2D eigenvalue weighted by molar-refractivity contribution is 5.90. The Morgan fingerprint density at radius 1 is 1.71 bits per heavy atom. The first-order valence-electron chi connectivity index (χ1n) is 3.93. The lowest BCUT2D eigenvalue weighted by atomic mass is 9.89. The number of allylic oxidation sites excluding steroid dienone is 2. The summed E-state index contributed by atoms with van der Waals surface area (Å²) < 4.78 is 30.5. The van der Waals surface area contributed by atoms with Crippen LogP contribution in [0.5, 0.6) is 0 Å². The van der Waals surface area contributed by atoms with Gasteiger partial charge in [-0.15, -0.1) is 0 Å². The number of carbonyl (C=O) groups excluding carboxylic acids is 1. The van der Waals surface area contributed by atoms with Crippen molar-refractivity contribution in [3.63, 3.8) is 0 Å². The molecule has 0 spiro atoms. The third kappa shape index (κ3) is 1.82. The lowest BCUT2D eigenvalue weighted by molar-refractivity contribution is -0.138. The highest BCUT2D eigenvalue weighted by Crippen LogP contribution is 2.30. The smallest absolute Gasteiger partial charge is 0.336 e. The molecule has 0 fully saturated rings. The van der Waals surface area contributed by atoms with Crippen LogP contribution < -0.4 is 0 Å². The Balaban J connectivity index is 3.08. The van der Waals surface area contributed by atoms with Gasteiger partial charge in [-0.3, -0.25) is 0 Å². The zero-order chi connectivity index (χ0) is 10.9. The summed E-state index contributed by atoms with van der Waals surface area (Å²) in [4.78, 5) is 11.0. The molecule has 0 heterocycles. The van der Waals surface area contributed by atoms with Gasteiger partial charge in [0.2, 0.25) is 0 Å². The van der Waals surface area contributed by atoms with Crippen molar-refractivity contribution in [2.75, 3.05) is 7.11 Å². The summed E-state index contributed by atoms with van der Waals surface area (Å²) in [6, 6.07) is 0. The monoisotopic (exact) mass is 204 g/mol. The van der Waals surface area contributed by atoms with Crippen molar-refractivity contribution >= 4 is 5.97 Å². The summed E-state index contributed by atoms with van der Waals surface area (Å²) in [6.45, 7) is 1.08. The molecule has 14 heavy (non-hydrogen) atoms. The first kappa shape index (κ1) is 10.8. The molecule has 1 aliphatic rings. The van der Waals surface area contributed by atoms with E-state index >= 15 is 0 Å². The average Bonchev–Trinajstić information content (AvgIpc) is 2.09. The molecule has 1 rings (SSSR count). The summed E-state index contributed by atoms with van der Waals surface area (Å²) in [5.74, 6) is -1.84. The van der Waals surface area contributed by atoms with E-state index in [-0.39, 0.29) is 0 Å². The minimum absolute atomic E-state index is 0.516. The largest absolute Gasteiger partial charge is 0.466 e. The van der Waals surface area contributed by atoms with Crippen LogP contribution in [-0.2, 0) is 9.53 Å². The molecule has 0 amide bonds. The fraction of sp³-hybridized carbons (Fsp3) is 0.444. The van der Waals surface area contributed by atoms with E-state index in [0.29, 0.717) is 12.2 Å². The number of hydrogen-bond donors (Lipinski definition) is 1. The van der Waals surface area contributed by atoms with Gasteiger partial charge in [0.15, 0.2) is 6.17 Å². The maximum Gasteiger partial charge on any atom is 0.336 e. The lowest BCUT2D eigenvalue weighted by Crippen LogP contribution is -2.40. The average molecular weight is 204 g/mol. The van der Waals surface area contributed by atoms with E-state index in [1.807, 2.05) is 0 Å². The molecule has 2 atom stereocenters. The van der Waals surface area contributed by atoms with Crippen LogP contribution in [0.1, 0.15) is 6.92 Å². The standard InChI is InChI=1S/C9H10F2O3/c1-9(13)4-5(10)3-6(7(9)11)8(12)14-2/h3-4,7,13H,1-2H3. The van der Waals surface area contributed by atoms with E-state index in [1.165, 1.54) is 0 Å². The fourth-order valence-corrected chi connectivity index (χ4v) is 1.21. The van der Waals surface area contributed by atoms with Gasteiger partial charge in [0.25, 0.3) is 0 Å². The first-order valence-corrected chi connectivity index (χ1v) is 3.93. The molecule has 0 aromatic carbocycles. The molecule has 0 saturated carbocycles. The minimum atomic E-state index is -2.01. The third-order valence-electron chi connectivity index (χ3n) is 1.93. The predicted molar refractivity (Wildman–Crippen MR) is 44.8 cm³/mol. The van der Waals surface area contributed by atoms with Gasteiger partial charge in [-0.05, 0) is 19.1 Å². The first-order chi connectivity index (χ1) is 6.38. The van der Waals surface area contributed by atoms with Crippen molar-refractivity contribution in [3.8, 4) is 0 Å². The Morgan fingerprint density at radius 3 is 2.79 bits per heavy atom. The fourth-order valence-electron chi connectivity index (χ4n) is 1.21. The van der Waals surface area contributed by atoms with Gasteiger partial charge in [-0.2, -0.15) is 0 Å². The minimum Gasteiger partial charge on any atom is -0.466 e. The van der Waals surface area contributed by atoms with Gasteiger partial charge in [0, 0.05) is 0 Å². The molecule has 0 radical (unpaired) electrons. The van der Waals surface area contributed by atoms with Crippen molar-refractivity contribution in [2.45, 2.75) is 18.7 Å². The van der Waals surface area contributed by atoms with E-state index in [9.17, 15) is 18.7 Å². The molecule has 3 nitrogen and oxygen atoms in total. The second-order valence-corrected chi connectivity index (χ2v) is 3.21. The SMILES string of the molecule is COC(=O)C1=CC(F)=CC(C)(O)C1F. The molecule has 5 heteroatoms. The number of hydrogen-bond acceptors (Lipinski definition) is 3. The van der Waals surface area contributed by atoms with Crippen LogP contribution in [0.2, 0.25) is 0 Å². The van der Waals surface area contributed by atoms with E-state index in [0.717, 1.165) is 14.0 Å². The van der Waals surface area contributed by atoms with Gasteiger partial charge in [0.1, 0.15) is 11.4 Å². The second kappa shape index (κ2) is 3.49.